The predicted molar refractivity (Wildman–Crippen MR) is 56.1 cm³/mol. The van der Waals surface area contributed by atoms with Gasteiger partial charge >= 0.3 is 11.7 Å². The largest absolute Gasteiger partial charge is 0.466 e. The molecule has 0 aliphatic rings. The summed E-state index contributed by atoms with van der Waals surface area (Å²) in [5.41, 5.74) is -2.89. The number of alkyl halides is 2. The molecule has 1 heterocycles. The van der Waals surface area contributed by atoms with Crippen LogP contribution in [0.15, 0.2) is 6.20 Å². The number of esters is 1. The van der Waals surface area contributed by atoms with Gasteiger partial charge in [-0.3, -0.25) is 14.9 Å². The smallest absolute Gasteiger partial charge is 0.323 e. The van der Waals surface area contributed by atoms with E-state index in [4.69, 9.17) is 0 Å². The first-order chi connectivity index (χ1) is 8.88. The SMILES string of the molecule is CCOC(=O)Cc1c(C(F)F)ncc([N+](=O)[O-])c1F. The third-order valence-corrected chi connectivity index (χ3v) is 2.15. The molecule has 0 saturated carbocycles. The summed E-state index contributed by atoms with van der Waals surface area (Å²) in [4.78, 5) is 23.7. The number of rotatable bonds is 5. The lowest BCUT2D eigenvalue weighted by Crippen LogP contribution is -2.13. The van der Waals surface area contributed by atoms with Gasteiger partial charge in [-0.25, -0.2) is 13.8 Å². The van der Waals surface area contributed by atoms with Gasteiger partial charge in [0.1, 0.15) is 11.9 Å². The number of halogens is 3. The van der Waals surface area contributed by atoms with Gasteiger partial charge in [-0.05, 0) is 6.92 Å². The van der Waals surface area contributed by atoms with Crippen molar-refractivity contribution in [2.45, 2.75) is 19.8 Å². The number of hydrogen-bond acceptors (Lipinski definition) is 5. The summed E-state index contributed by atoms with van der Waals surface area (Å²) in [5.74, 6) is -2.46. The van der Waals surface area contributed by atoms with Gasteiger partial charge in [0.05, 0.1) is 18.0 Å². The van der Waals surface area contributed by atoms with Crippen LogP contribution in [0.4, 0.5) is 18.9 Å². The standard InChI is InChI=1S/C10H9F3N2O4/c1-2-19-7(16)3-5-8(11)6(15(17)18)4-14-9(5)10(12)13/h4,10H,2-3H2,1H3. The third kappa shape index (κ3) is 3.39. The highest BCUT2D eigenvalue weighted by molar-refractivity contribution is 5.73. The first-order valence-electron chi connectivity index (χ1n) is 5.13. The van der Waals surface area contributed by atoms with Crippen LogP contribution < -0.4 is 0 Å². The number of carbonyl (C=O) groups excluding carboxylic acids is 1. The number of nitro groups is 1. The van der Waals surface area contributed by atoms with E-state index in [1.165, 1.54) is 6.92 Å². The average molecular weight is 278 g/mol. The van der Waals surface area contributed by atoms with Gasteiger partial charge in [-0.15, -0.1) is 0 Å². The Hall–Kier alpha value is -2.19. The normalized spacial score (nSPS) is 10.6. The molecule has 1 rings (SSSR count). The lowest BCUT2D eigenvalue weighted by Gasteiger charge is -2.08. The summed E-state index contributed by atoms with van der Waals surface area (Å²) in [5, 5.41) is 10.5. The molecule has 0 spiro atoms. The van der Waals surface area contributed by atoms with Gasteiger partial charge in [-0.1, -0.05) is 0 Å². The van der Waals surface area contributed by atoms with Crippen molar-refractivity contribution in [2.24, 2.45) is 0 Å². The predicted octanol–water partition coefficient (Wildman–Crippen LogP) is 2.17. The minimum atomic E-state index is -3.15. The fourth-order valence-electron chi connectivity index (χ4n) is 1.37. The van der Waals surface area contributed by atoms with Crippen LogP contribution in [-0.2, 0) is 16.0 Å². The van der Waals surface area contributed by atoms with Crippen LogP contribution in [0.5, 0.6) is 0 Å². The molecule has 0 aliphatic carbocycles. The van der Waals surface area contributed by atoms with E-state index in [1.807, 2.05) is 0 Å². The summed E-state index contributed by atoms with van der Waals surface area (Å²) in [7, 11) is 0. The molecule has 0 N–H and O–H groups in total. The summed E-state index contributed by atoms with van der Waals surface area (Å²) in [6.07, 6.45) is -3.60. The lowest BCUT2D eigenvalue weighted by molar-refractivity contribution is -0.388. The Morgan fingerprint density at radius 2 is 2.21 bits per heavy atom. The van der Waals surface area contributed by atoms with Crippen molar-refractivity contribution in [3.63, 3.8) is 0 Å². The molecule has 6 nitrogen and oxygen atoms in total. The van der Waals surface area contributed by atoms with Gasteiger partial charge in [0.25, 0.3) is 6.43 Å². The monoisotopic (exact) mass is 278 g/mol. The van der Waals surface area contributed by atoms with Crippen LogP contribution in [0.2, 0.25) is 0 Å². The molecular weight excluding hydrogens is 269 g/mol. The van der Waals surface area contributed by atoms with Crippen molar-refractivity contribution < 1.29 is 27.6 Å². The van der Waals surface area contributed by atoms with Crippen molar-refractivity contribution in [3.8, 4) is 0 Å². The van der Waals surface area contributed by atoms with Gasteiger partial charge in [0.2, 0.25) is 5.82 Å². The Labute approximate surface area is 105 Å². The van der Waals surface area contributed by atoms with Gasteiger partial charge < -0.3 is 4.74 Å². The fraction of sp³-hybridized carbons (Fsp3) is 0.400. The topological polar surface area (TPSA) is 82.3 Å². The van der Waals surface area contributed by atoms with Gasteiger partial charge in [0, 0.05) is 5.56 Å². The summed E-state index contributed by atoms with van der Waals surface area (Å²) in [6.45, 7) is 1.46. The van der Waals surface area contributed by atoms with Crippen LogP contribution >= 0.6 is 0 Å². The first-order valence-corrected chi connectivity index (χ1v) is 5.13. The first kappa shape index (κ1) is 14.9. The zero-order chi connectivity index (χ0) is 14.6. The van der Waals surface area contributed by atoms with Gasteiger partial charge in [-0.2, -0.15) is 4.39 Å². The number of pyridine rings is 1. The maximum Gasteiger partial charge on any atom is 0.323 e. The van der Waals surface area contributed by atoms with Crippen molar-refractivity contribution in [1.29, 1.82) is 0 Å². The molecule has 0 atom stereocenters. The van der Waals surface area contributed by atoms with Crippen LogP contribution in [0.1, 0.15) is 24.6 Å². The Morgan fingerprint density at radius 3 is 2.68 bits per heavy atom. The Balaban J connectivity index is 3.26. The highest BCUT2D eigenvalue weighted by Gasteiger charge is 2.28. The number of hydrogen-bond donors (Lipinski definition) is 0. The maximum atomic E-state index is 13.7. The van der Waals surface area contributed by atoms with E-state index >= 15 is 0 Å². The van der Waals surface area contributed by atoms with Gasteiger partial charge in [0.15, 0.2) is 0 Å². The molecular formula is C10H9F3N2O4. The zero-order valence-electron chi connectivity index (χ0n) is 9.73. The highest BCUT2D eigenvalue weighted by atomic mass is 19.3. The molecule has 104 valence electrons. The second-order valence-electron chi connectivity index (χ2n) is 3.36. The third-order valence-electron chi connectivity index (χ3n) is 2.15. The molecule has 1 aromatic heterocycles. The molecule has 0 bridgehead atoms. The van der Waals surface area contributed by atoms with E-state index in [9.17, 15) is 28.1 Å². The summed E-state index contributed by atoms with van der Waals surface area (Å²) < 4.78 is 43.5. The molecule has 19 heavy (non-hydrogen) atoms. The molecule has 0 unspecified atom stereocenters. The second kappa shape index (κ2) is 6.12. The summed E-state index contributed by atoms with van der Waals surface area (Å²) in [6, 6.07) is 0. The van der Waals surface area contributed by atoms with Crippen LogP contribution in [-0.4, -0.2) is 22.5 Å². The molecule has 0 aliphatic heterocycles. The number of ether oxygens (including phenoxy) is 1. The van der Waals surface area contributed by atoms with E-state index in [1.54, 1.807) is 0 Å². The van der Waals surface area contributed by atoms with Crippen molar-refractivity contribution in [2.75, 3.05) is 6.61 Å². The van der Waals surface area contributed by atoms with Crippen molar-refractivity contribution >= 4 is 11.7 Å². The Bertz CT molecular complexity index is 508. The minimum absolute atomic E-state index is 0.0210. The molecule has 9 heteroatoms. The maximum absolute atomic E-state index is 13.7. The molecule has 1 aromatic rings. The van der Waals surface area contributed by atoms with E-state index in [0.29, 0.717) is 6.20 Å². The van der Waals surface area contributed by atoms with Crippen LogP contribution in [0.3, 0.4) is 0 Å². The van der Waals surface area contributed by atoms with Crippen LogP contribution in [0, 0.1) is 15.9 Å². The molecule has 0 amide bonds. The van der Waals surface area contributed by atoms with E-state index in [2.05, 4.69) is 9.72 Å². The minimum Gasteiger partial charge on any atom is -0.466 e. The quantitative estimate of drug-likeness (QED) is 0.468. The van der Waals surface area contributed by atoms with E-state index < -0.39 is 46.5 Å². The molecule has 0 fully saturated rings. The van der Waals surface area contributed by atoms with Crippen molar-refractivity contribution in [1.82, 2.24) is 4.98 Å². The van der Waals surface area contributed by atoms with Crippen LogP contribution in [0.25, 0.3) is 0 Å². The summed E-state index contributed by atoms with van der Waals surface area (Å²) >= 11 is 0. The molecule has 0 aromatic carbocycles. The number of nitrogens with zero attached hydrogens (tertiary/aromatic N) is 2. The zero-order valence-corrected chi connectivity index (χ0v) is 9.73. The van der Waals surface area contributed by atoms with E-state index in [0.717, 1.165) is 0 Å². The molecule has 0 radical (unpaired) electrons. The molecule has 0 saturated heterocycles. The number of carbonyl (C=O) groups is 1. The lowest BCUT2D eigenvalue weighted by atomic mass is 10.1. The van der Waals surface area contributed by atoms with Crippen molar-refractivity contribution in [3.05, 3.63) is 33.4 Å². The average Bonchev–Trinajstić information content (AvgIpc) is 2.31. The Morgan fingerprint density at radius 1 is 1.58 bits per heavy atom. The second-order valence-corrected chi connectivity index (χ2v) is 3.36. The number of aromatic nitrogens is 1. The fourth-order valence-corrected chi connectivity index (χ4v) is 1.37. The highest BCUT2D eigenvalue weighted by Crippen LogP contribution is 2.28. The van der Waals surface area contributed by atoms with E-state index in [-0.39, 0.29) is 6.61 Å². The Kier molecular flexibility index (Phi) is 4.79.